The number of hydrogen-bond acceptors (Lipinski definition) is 6. The predicted octanol–water partition coefficient (Wildman–Crippen LogP) is 4.86. The van der Waals surface area contributed by atoms with Crippen LogP contribution in [0, 0.1) is 0 Å². The van der Waals surface area contributed by atoms with Crippen LogP contribution in [0.3, 0.4) is 0 Å². The van der Waals surface area contributed by atoms with Crippen LogP contribution in [-0.4, -0.2) is 33.2 Å². The summed E-state index contributed by atoms with van der Waals surface area (Å²) in [4.78, 5) is 33.2. The van der Waals surface area contributed by atoms with Crippen LogP contribution in [0.25, 0.3) is 0 Å². The smallest absolute Gasteiger partial charge is 0.240 e. The van der Waals surface area contributed by atoms with E-state index in [9.17, 15) is 9.59 Å². The first-order chi connectivity index (χ1) is 19.2. The minimum absolute atomic E-state index is 0.176. The monoisotopic (exact) mass is 518 g/mol. The molecule has 0 aliphatic carbocycles. The third-order valence-electron chi connectivity index (χ3n) is 5.86. The van der Waals surface area contributed by atoms with E-state index in [-0.39, 0.29) is 11.8 Å². The van der Waals surface area contributed by atoms with Gasteiger partial charge in [-0.1, -0.05) is 67.1 Å². The summed E-state index contributed by atoms with van der Waals surface area (Å²) in [5.41, 5.74) is 10.0. The van der Waals surface area contributed by atoms with Crippen LogP contribution in [0.4, 0.5) is 0 Å². The average Bonchev–Trinajstić information content (AvgIpc) is 2.99. The van der Waals surface area contributed by atoms with Crippen molar-refractivity contribution in [3.8, 4) is 0 Å². The predicted molar refractivity (Wildman–Crippen MR) is 152 cm³/mol. The van der Waals surface area contributed by atoms with E-state index >= 15 is 0 Å². The fourth-order valence-electron chi connectivity index (χ4n) is 3.89. The number of carbonyl (C=O) groups excluding carboxylic acids is 2. The summed E-state index contributed by atoms with van der Waals surface area (Å²) in [6.07, 6.45) is 9.48. The van der Waals surface area contributed by atoms with Gasteiger partial charge in [0.25, 0.3) is 0 Å². The van der Waals surface area contributed by atoms with E-state index in [1.807, 2.05) is 84.9 Å². The Hall–Kier alpha value is -4.98. The zero-order valence-corrected chi connectivity index (χ0v) is 21.5. The largest absolute Gasteiger partial charge is 0.273 e. The van der Waals surface area contributed by atoms with Crippen molar-refractivity contribution in [1.29, 1.82) is 0 Å². The molecule has 0 fully saturated rings. The number of hydrogen-bond donors (Lipinski definition) is 2. The number of hydrazone groups is 2. The molecule has 0 bridgehead atoms. The Kier molecular flexibility index (Phi) is 10.2. The first-order valence-electron chi connectivity index (χ1n) is 12.9. The Morgan fingerprint density at radius 3 is 1.33 bits per heavy atom. The zero-order chi connectivity index (χ0) is 27.1. The molecule has 8 nitrogen and oxygen atoms in total. The highest BCUT2D eigenvalue weighted by atomic mass is 16.2. The van der Waals surface area contributed by atoms with Crippen molar-refractivity contribution in [3.05, 3.63) is 132 Å². The summed E-state index contributed by atoms with van der Waals surface area (Å²) in [7, 11) is 0. The third-order valence-corrected chi connectivity index (χ3v) is 5.86. The molecule has 2 amide bonds. The van der Waals surface area contributed by atoms with Crippen molar-refractivity contribution in [2.45, 2.75) is 32.1 Å². The highest BCUT2D eigenvalue weighted by Gasteiger charge is 2.10. The fraction of sp³-hybridized carbons (Fsp3) is 0.161. The van der Waals surface area contributed by atoms with Crippen LogP contribution in [0.1, 0.15) is 54.4 Å². The van der Waals surface area contributed by atoms with E-state index in [1.165, 1.54) is 0 Å². The van der Waals surface area contributed by atoms with Gasteiger partial charge in [0, 0.05) is 59.9 Å². The number of rotatable bonds is 12. The molecule has 8 heteroatoms. The molecule has 2 aromatic carbocycles. The second-order valence-electron chi connectivity index (χ2n) is 8.77. The number of benzene rings is 2. The van der Waals surface area contributed by atoms with Crippen LogP contribution in [0.2, 0.25) is 0 Å². The number of nitrogens with zero attached hydrogens (tertiary/aromatic N) is 4. The molecule has 2 heterocycles. The van der Waals surface area contributed by atoms with Gasteiger partial charge in [0.2, 0.25) is 11.8 Å². The maximum absolute atomic E-state index is 12.4. The van der Waals surface area contributed by atoms with Crippen LogP contribution in [0.5, 0.6) is 0 Å². The Balaban J connectivity index is 1.23. The van der Waals surface area contributed by atoms with E-state index in [0.29, 0.717) is 37.1 Å². The van der Waals surface area contributed by atoms with Crippen molar-refractivity contribution < 1.29 is 9.59 Å². The lowest BCUT2D eigenvalue weighted by Gasteiger charge is -2.08. The van der Waals surface area contributed by atoms with E-state index in [1.54, 1.807) is 24.8 Å². The molecule has 39 heavy (non-hydrogen) atoms. The summed E-state index contributed by atoms with van der Waals surface area (Å²) in [5.74, 6) is -0.351. The molecule has 0 radical (unpaired) electrons. The van der Waals surface area contributed by atoms with Crippen molar-refractivity contribution in [3.63, 3.8) is 0 Å². The molecule has 0 aliphatic heterocycles. The summed E-state index contributed by atoms with van der Waals surface area (Å²) < 4.78 is 0. The molecular weight excluding hydrogens is 488 g/mol. The summed E-state index contributed by atoms with van der Waals surface area (Å²) >= 11 is 0. The van der Waals surface area contributed by atoms with Gasteiger partial charge in [0.1, 0.15) is 0 Å². The molecule has 196 valence electrons. The van der Waals surface area contributed by atoms with Crippen molar-refractivity contribution in [2.24, 2.45) is 10.2 Å². The quantitative estimate of drug-likeness (QED) is 0.159. The number of aromatic nitrogens is 2. The minimum atomic E-state index is -0.176. The van der Waals surface area contributed by atoms with Gasteiger partial charge < -0.3 is 0 Å². The average molecular weight is 519 g/mol. The highest BCUT2D eigenvalue weighted by Crippen LogP contribution is 2.11. The van der Waals surface area contributed by atoms with Crippen molar-refractivity contribution >= 4 is 23.2 Å². The van der Waals surface area contributed by atoms with Gasteiger partial charge in [-0.15, -0.1) is 0 Å². The molecule has 2 N–H and O–H groups in total. The number of nitrogens with one attached hydrogen (secondary N) is 2. The normalized spacial score (nSPS) is 11.6. The molecule has 4 rings (SSSR count). The lowest BCUT2D eigenvalue weighted by atomic mass is 10.0. The van der Waals surface area contributed by atoms with E-state index < -0.39 is 0 Å². The fourth-order valence-corrected chi connectivity index (χ4v) is 3.89. The van der Waals surface area contributed by atoms with Gasteiger partial charge in [0.05, 0.1) is 11.4 Å². The Morgan fingerprint density at radius 2 is 0.949 bits per heavy atom. The molecule has 0 saturated heterocycles. The number of pyridine rings is 2. The van der Waals surface area contributed by atoms with Gasteiger partial charge in [-0.05, 0) is 37.1 Å². The molecule has 0 aliphatic rings. The third kappa shape index (κ3) is 8.53. The zero-order valence-electron chi connectivity index (χ0n) is 21.5. The molecular formula is C31H30N6O2. The summed E-state index contributed by atoms with van der Waals surface area (Å²) in [6, 6.07) is 26.8. The first kappa shape index (κ1) is 27.1. The second-order valence-corrected chi connectivity index (χ2v) is 8.77. The highest BCUT2D eigenvalue weighted by molar-refractivity contribution is 6.13. The lowest BCUT2D eigenvalue weighted by Crippen LogP contribution is -2.21. The Bertz CT molecular complexity index is 1200. The maximum atomic E-state index is 12.4. The van der Waals surface area contributed by atoms with Gasteiger partial charge in [-0.2, -0.15) is 10.2 Å². The Labute approximate surface area is 227 Å². The summed E-state index contributed by atoms with van der Waals surface area (Å²) in [5, 5.41) is 8.75. The Morgan fingerprint density at radius 1 is 0.538 bits per heavy atom. The van der Waals surface area contributed by atoms with E-state index in [0.717, 1.165) is 28.7 Å². The number of unbranched alkanes of at least 4 members (excludes halogenated alkanes) is 2. The summed E-state index contributed by atoms with van der Waals surface area (Å²) in [6.45, 7) is 0. The maximum Gasteiger partial charge on any atom is 0.240 e. The van der Waals surface area contributed by atoms with Crippen LogP contribution >= 0.6 is 0 Å². The van der Waals surface area contributed by atoms with E-state index in [4.69, 9.17) is 0 Å². The first-order valence-corrected chi connectivity index (χ1v) is 12.9. The number of carbonyl (C=O) groups is 2. The van der Waals surface area contributed by atoms with Crippen LogP contribution < -0.4 is 10.9 Å². The lowest BCUT2D eigenvalue weighted by molar-refractivity contribution is -0.121. The van der Waals surface area contributed by atoms with Crippen LogP contribution in [0.15, 0.2) is 120 Å². The molecule has 0 saturated carbocycles. The minimum Gasteiger partial charge on any atom is -0.273 e. The van der Waals surface area contributed by atoms with Crippen LogP contribution in [-0.2, 0) is 9.59 Å². The van der Waals surface area contributed by atoms with Gasteiger partial charge in [-0.25, -0.2) is 10.9 Å². The number of amides is 2. The van der Waals surface area contributed by atoms with Gasteiger partial charge >= 0.3 is 0 Å². The van der Waals surface area contributed by atoms with E-state index in [2.05, 4.69) is 31.0 Å². The molecule has 4 aromatic rings. The molecule has 0 atom stereocenters. The topological polar surface area (TPSA) is 109 Å². The molecule has 0 spiro atoms. The van der Waals surface area contributed by atoms with Gasteiger partial charge in [-0.3, -0.25) is 19.6 Å². The standard InChI is InChI=1S/C31H30N6O2/c38-28(34-36-30(24-12-4-1-5-13-24)26-16-10-20-32-22-26)18-8-3-9-19-29(39)35-37-31(25-14-6-2-7-15-25)27-17-11-21-33-23-27/h1-2,4-7,10-17,20-23H,3,8-9,18-19H2,(H,34,38)(H,35,39)/b36-30-,37-31+. The molecule has 0 unspecified atom stereocenters. The second kappa shape index (κ2) is 14.7. The van der Waals surface area contributed by atoms with Gasteiger partial charge in [0.15, 0.2) is 0 Å². The van der Waals surface area contributed by atoms with Crippen molar-refractivity contribution in [1.82, 2.24) is 20.8 Å². The SMILES string of the molecule is O=C(CCCCCC(=O)N/N=C(\c1ccccc1)c1cccnc1)N/N=C(/c1ccccc1)c1cccnc1. The molecule has 2 aromatic heterocycles. The van der Waals surface area contributed by atoms with Crippen molar-refractivity contribution in [2.75, 3.05) is 0 Å².